The molecule has 4 rings (SSSR count). The van der Waals surface area contributed by atoms with Crippen molar-refractivity contribution in [1.82, 2.24) is 16.3 Å². The third kappa shape index (κ3) is 9.75. The zero-order valence-corrected chi connectivity index (χ0v) is 26.8. The highest BCUT2D eigenvalue weighted by Gasteiger charge is 2.21. The van der Waals surface area contributed by atoms with E-state index in [1.165, 1.54) is 54.6 Å². The Morgan fingerprint density at radius 3 is 2.28 bits per heavy atom. The number of ketones is 1. The Morgan fingerprint density at radius 1 is 0.840 bits per heavy atom. The molecule has 4 amide bonds. The lowest BCUT2D eigenvalue weighted by Crippen LogP contribution is -2.42. The molecule has 0 aliphatic rings. The molecular weight excluding hydrogens is 672 g/mol. The quantitative estimate of drug-likeness (QED) is 0.0226. The minimum Gasteiger partial charge on any atom is -0.507 e. The van der Waals surface area contributed by atoms with Crippen molar-refractivity contribution < 1.29 is 34.0 Å². The average Bonchev–Trinajstić information content (AvgIpc) is 3.11. The lowest BCUT2D eigenvalue weighted by Gasteiger charge is -2.12. The number of nitro groups is 1. The van der Waals surface area contributed by atoms with Crippen molar-refractivity contribution in [2.24, 2.45) is 16.0 Å². The number of phenols is 1. The molecule has 0 aromatic heterocycles. The monoisotopic (exact) mass is 700 g/mol. The molecule has 0 unspecified atom stereocenters. The molecule has 0 saturated carbocycles. The number of carbonyl (C=O) groups is 5. The molecule has 0 atom stereocenters. The molecule has 0 radical (unpaired) electrons. The number of aromatic hydroxyl groups is 1. The molecule has 0 fully saturated rings. The fourth-order valence-electron chi connectivity index (χ4n) is 4.61. The molecule has 4 aromatic rings. The molecule has 0 aliphatic carbocycles. The van der Waals surface area contributed by atoms with Crippen LogP contribution in [0.1, 0.15) is 46.4 Å². The van der Waals surface area contributed by atoms with Crippen LogP contribution in [0.2, 0.25) is 5.02 Å². The molecule has 0 spiro atoms. The van der Waals surface area contributed by atoms with E-state index in [4.69, 9.17) is 17.4 Å². The zero-order chi connectivity index (χ0) is 36.2. The summed E-state index contributed by atoms with van der Waals surface area (Å²) in [5, 5.41) is 33.8. The maximum absolute atomic E-state index is 13.4. The molecule has 16 nitrogen and oxygen atoms in total. The number of hydrogen-bond donors (Lipinski definition) is 6. The molecule has 0 heterocycles. The summed E-state index contributed by atoms with van der Waals surface area (Å²) in [6.07, 6.45) is -0.726. The Bertz CT molecular complexity index is 2030. The minimum absolute atomic E-state index is 0.0420. The van der Waals surface area contributed by atoms with E-state index in [1.807, 2.05) is 5.43 Å². The number of Topliss-reactive ketones (excluding diaryl/α,β-unsaturated/α-hetero) is 1. The van der Waals surface area contributed by atoms with Crippen molar-refractivity contribution in [3.8, 4) is 5.75 Å². The lowest BCUT2D eigenvalue weighted by atomic mass is 10.00. The number of rotatable bonds is 13. The number of non-ortho nitro benzene ring substituents is 1. The largest absolute Gasteiger partial charge is 0.507 e. The van der Waals surface area contributed by atoms with Gasteiger partial charge >= 0.3 is 11.8 Å². The molecule has 0 aliphatic heterocycles. The highest BCUT2D eigenvalue weighted by molar-refractivity contribution is 6.46. The Hall–Kier alpha value is -6.52. The van der Waals surface area contributed by atoms with Gasteiger partial charge in [0.25, 0.3) is 11.6 Å². The Kier molecular flexibility index (Phi) is 12.4. The highest BCUT2D eigenvalue weighted by Crippen LogP contribution is 2.27. The number of carbonyl (C=O) groups excluding carboxylic acids is 5. The van der Waals surface area contributed by atoms with Gasteiger partial charge in [0.05, 0.1) is 28.3 Å². The van der Waals surface area contributed by atoms with Crippen LogP contribution in [0, 0.1) is 10.1 Å². The number of phenolic OH excluding ortho intramolecular Hbond substituents is 1. The molecule has 50 heavy (non-hydrogen) atoms. The number of amides is 4. The van der Waals surface area contributed by atoms with E-state index in [2.05, 4.69) is 20.9 Å². The number of nitrogens with two attached hydrogens (primary N) is 1. The highest BCUT2D eigenvalue weighted by atomic mass is 35.5. The van der Waals surface area contributed by atoms with Gasteiger partial charge in [0, 0.05) is 34.8 Å². The molecular formula is C33H29ClN8O8. The zero-order valence-electron chi connectivity index (χ0n) is 26.0. The summed E-state index contributed by atoms with van der Waals surface area (Å²) in [5.74, 6) is 0.338. The summed E-state index contributed by atoms with van der Waals surface area (Å²) in [6, 6.07) is 21.0. The van der Waals surface area contributed by atoms with E-state index in [0.29, 0.717) is 15.8 Å². The molecule has 0 bridgehead atoms. The second-order valence-corrected chi connectivity index (χ2v) is 10.9. The smallest absolute Gasteiger partial charge is 0.330 e. The number of halogens is 1. The Morgan fingerprint density at radius 2 is 1.56 bits per heavy atom. The summed E-state index contributed by atoms with van der Waals surface area (Å²) in [4.78, 5) is 73.9. The number of nitrogens with one attached hydrogen (secondary N) is 4. The number of anilines is 1. The van der Waals surface area contributed by atoms with Gasteiger partial charge in [0.2, 0.25) is 5.91 Å². The van der Waals surface area contributed by atoms with Gasteiger partial charge in [-0.1, -0.05) is 48.0 Å². The van der Waals surface area contributed by atoms with E-state index < -0.39 is 40.8 Å². The summed E-state index contributed by atoms with van der Waals surface area (Å²) in [6.45, 7) is 0. The van der Waals surface area contributed by atoms with Crippen molar-refractivity contribution in [2.75, 3.05) is 5.32 Å². The van der Waals surface area contributed by atoms with Crippen molar-refractivity contribution in [3.05, 3.63) is 111 Å². The first-order valence-corrected chi connectivity index (χ1v) is 15.1. The second-order valence-electron chi connectivity index (χ2n) is 10.5. The first kappa shape index (κ1) is 36.3. The fraction of sp³-hybridized carbons (Fsp3) is 0.121. The Balaban J connectivity index is 1.65. The van der Waals surface area contributed by atoms with Gasteiger partial charge in [-0.3, -0.25) is 39.5 Å². The molecule has 17 heteroatoms. The van der Waals surface area contributed by atoms with Crippen LogP contribution in [-0.4, -0.2) is 50.9 Å². The third-order valence-electron chi connectivity index (χ3n) is 7.04. The number of hydrogen-bond acceptors (Lipinski definition) is 11. The number of benzene rings is 4. The van der Waals surface area contributed by atoms with Crippen molar-refractivity contribution in [1.29, 1.82) is 0 Å². The van der Waals surface area contributed by atoms with Gasteiger partial charge in [-0.25, -0.2) is 16.7 Å². The first-order chi connectivity index (χ1) is 24.0. The standard InChI is InChI=1S/C33H29ClN8O8/c34-21-14-11-20(12-15-21)28(44)18-26(39-41-33(48)32(47)37-35)25(9-4-10-29(45)36-22-6-3-7-23(17-22)42(49)50)38-40-31(46)30-24-8-2-1-5-19(24)13-16-27(30)43/h1-3,5-8,11-17,43H,4,9-10,18,35H2,(H,36,45)(H,37,47)(H,40,46)(H,41,48)/b38-25+,39-26+. The van der Waals surface area contributed by atoms with Crippen LogP contribution in [0.5, 0.6) is 5.75 Å². The first-order valence-electron chi connectivity index (χ1n) is 14.8. The number of hydrazone groups is 2. The number of nitrogens with zero attached hydrogens (tertiary/aromatic N) is 3. The topological polar surface area (TPSA) is 248 Å². The van der Waals surface area contributed by atoms with E-state index in [0.717, 1.165) is 0 Å². The van der Waals surface area contributed by atoms with Crippen LogP contribution in [0.25, 0.3) is 10.8 Å². The molecule has 0 saturated heterocycles. The maximum Gasteiger partial charge on any atom is 0.330 e. The van der Waals surface area contributed by atoms with E-state index >= 15 is 0 Å². The van der Waals surface area contributed by atoms with Gasteiger partial charge in [0.1, 0.15) is 5.75 Å². The summed E-state index contributed by atoms with van der Waals surface area (Å²) < 4.78 is 0. The van der Waals surface area contributed by atoms with Gasteiger partial charge in [-0.05, 0) is 60.0 Å². The van der Waals surface area contributed by atoms with Crippen molar-refractivity contribution in [3.63, 3.8) is 0 Å². The van der Waals surface area contributed by atoms with Crippen LogP contribution in [0.4, 0.5) is 11.4 Å². The van der Waals surface area contributed by atoms with E-state index in [9.17, 15) is 39.2 Å². The van der Waals surface area contributed by atoms with Gasteiger partial charge < -0.3 is 10.4 Å². The lowest BCUT2D eigenvalue weighted by molar-refractivity contribution is -0.384. The third-order valence-corrected chi connectivity index (χ3v) is 7.29. The minimum atomic E-state index is -1.27. The van der Waals surface area contributed by atoms with Gasteiger partial charge in [-0.2, -0.15) is 10.2 Å². The number of fused-ring (bicyclic) bond motifs is 1. The van der Waals surface area contributed by atoms with Crippen molar-refractivity contribution in [2.45, 2.75) is 25.7 Å². The molecule has 7 N–H and O–H groups in total. The van der Waals surface area contributed by atoms with Crippen LogP contribution in [0.3, 0.4) is 0 Å². The SMILES string of the molecule is NNC(=O)C(=O)N/N=C(CC(=O)c1ccc(Cl)cc1)/C(CCCC(=O)Nc1cccc([N+](=O)[O-])c1)=N/NC(=O)c1c(O)ccc2ccccc12. The van der Waals surface area contributed by atoms with Gasteiger partial charge in [-0.15, -0.1) is 0 Å². The summed E-state index contributed by atoms with van der Waals surface area (Å²) in [7, 11) is 0. The molecule has 256 valence electrons. The average molecular weight is 701 g/mol. The van der Waals surface area contributed by atoms with Crippen molar-refractivity contribution >= 4 is 74.6 Å². The fourth-order valence-corrected chi connectivity index (χ4v) is 4.73. The normalized spacial score (nSPS) is 11.4. The van der Waals surface area contributed by atoms with Crippen LogP contribution in [-0.2, 0) is 14.4 Å². The molecule has 4 aromatic carbocycles. The van der Waals surface area contributed by atoms with E-state index in [-0.39, 0.29) is 58.9 Å². The Labute approximate surface area is 288 Å². The van der Waals surface area contributed by atoms with Crippen LogP contribution < -0.4 is 27.4 Å². The van der Waals surface area contributed by atoms with Crippen LogP contribution in [0.15, 0.2) is 95.1 Å². The second kappa shape index (κ2) is 17.0. The maximum atomic E-state index is 13.4. The predicted octanol–water partition coefficient (Wildman–Crippen LogP) is 3.74. The summed E-state index contributed by atoms with van der Waals surface area (Å²) in [5.41, 5.74) is 5.83. The number of nitro benzene ring substituents is 1. The van der Waals surface area contributed by atoms with Crippen LogP contribution >= 0.6 is 11.6 Å². The summed E-state index contributed by atoms with van der Waals surface area (Å²) >= 11 is 5.95. The van der Waals surface area contributed by atoms with Gasteiger partial charge in [0.15, 0.2) is 5.78 Å². The number of hydrazine groups is 1. The van der Waals surface area contributed by atoms with E-state index in [1.54, 1.807) is 35.8 Å². The predicted molar refractivity (Wildman–Crippen MR) is 184 cm³/mol.